The number of fused-ring (bicyclic) bond motifs is 2. The van der Waals surface area contributed by atoms with Crippen LogP contribution in [0.15, 0.2) is 56.6 Å². The van der Waals surface area contributed by atoms with E-state index < -0.39 is 32.7 Å². The van der Waals surface area contributed by atoms with Crippen LogP contribution in [0.25, 0.3) is 10.9 Å². The van der Waals surface area contributed by atoms with Gasteiger partial charge in [0.15, 0.2) is 5.84 Å². The van der Waals surface area contributed by atoms with Gasteiger partial charge in [0.1, 0.15) is 10.7 Å². The van der Waals surface area contributed by atoms with Crippen molar-refractivity contribution in [3.63, 3.8) is 0 Å². The Morgan fingerprint density at radius 3 is 2.68 bits per heavy atom. The SMILES string of the molecule is O=c1c(C2=NS(=O)(=O)c3ccccc3N2)c([O-])c2cc(F)ccc2n1CCC1CC1.[Na+]. The summed E-state index contributed by atoms with van der Waals surface area (Å²) in [4.78, 5) is 13.3. The smallest absolute Gasteiger partial charge is 0.871 e. The Labute approximate surface area is 200 Å². The first kappa shape index (κ1) is 22.0. The third-order valence-electron chi connectivity index (χ3n) is 5.50. The maximum Gasteiger partial charge on any atom is 1.00 e. The van der Waals surface area contributed by atoms with Crippen molar-refractivity contribution in [1.82, 2.24) is 4.57 Å². The second-order valence-electron chi connectivity index (χ2n) is 7.59. The van der Waals surface area contributed by atoms with Gasteiger partial charge in [0.05, 0.1) is 16.8 Å². The van der Waals surface area contributed by atoms with Crippen LogP contribution in [-0.2, 0) is 16.6 Å². The molecule has 1 saturated carbocycles. The minimum Gasteiger partial charge on any atom is -0.871 e. The van der Waals surface area contributed by atoms with Gasteiger partial charge in [-0.15, -0.1) is 4.40 Å². The van der Waals surface area contributed by atoms with E-state index in [2.05, 4.69) is 9.71 Å². The van der Waals surface area contributed by atoms with E-state index in [0.717, 1.165) is 25.3 Å². The first-order chi connectivity index (χ1) is 14.3. The third kappa shape index (κ3) is 3.91. The van der Waals surface area contributed by atoms with E-state index in [-0.39, 0.29) is 51.4 Å². The predicted molar refractivity (Wildman–Crippen MR) is 109 cm³/mol. The summed E-state index contributed by atoms with van der Waals surface area (Å²) < 4.78 is 44.2. The quantitative estimate of drug-likeness (QED) is 0.545. The van der Waals surface area contributed by atoms with Crippen LogP contribution in [0.2, 0.25) is 0 Å². The first-order valence-electron chi connectivity index (χ1n) is 9.59. The summed E-state index contributed by atoms with van der Waals surface area (Å²) in [5, 5.41) is 15.9. The average Bonchev–Trinajstić information content (AvgIpc) is 3.52. The van der Waals surface area contributed by atoms with E-state index in [1.165, 1.54) is 28.8 Å². The molecule has 2 aromatic carbocycles. The molecule has 3 aromatic rings. The zero-order valence-electron chi connectivity index (χ0n) is 16.8. The van der Waals surface area contributed by atoms with Gasteiger partial charge in [0, 0.05) is 6.54 Å². The summed E-state index contributed by atoms with van der Waals surface area (Å²) in [6.07, 6.45) is 2.94. The minimum atomic E-state index is -4.10. The van der Waals surface area contributed by atoms with Crippen LogP contribution < -0.4 is 45.5 Å². The minimum absolute atomic E-state index is 0. The van der Waals surface area contributed by atoms with Gasteiger partial charge in [-0.3, -0.25) is 4.79 Å². The van der Waals surface area contributed by atoms with E-state index in [4.69, 9.17) is 0 Å². The molecule has 0 unspecified atom stereocenters. The van der Waals surface area contributed by atoms with E-state index in [0.29, 0.717) is 18.0 Å². The molecule has 0 bridgehead atoms. The van der Waals surface area contributed by atoms with E-state index in [1.807, 2.05) is 0 Å². The first-order valence-corrected chi connectivity index (χ1v) is 11.0. The second-order valence-corrected chi connectivity index (χ2v) is 9.16. The van der Waals surface area contributed by atoms with Crippen LogP contribution in [-0.4, -0.2) is 18.8 Å². The Morgan fingerprint density at radius 1 is 1.19 bits per heavy atom. The molecular formula is C21H17FN3NaO4S. The summed E-state index contributed by atoms with van der Waals surface area (Å²) in [6, 6.07) is 9.78. The zero-order valence-corrected chi connectivity index (χ0v) is 19.6. The number of nitrogens with zero attached hydrogens (tertiary/aromatic N) is 2. The average molecular weight is 449 g/mol. The van der Waals surface area contributed by atoms with Crippen molar-refractivity contribution in [3.05, 3.63) is 64.2 Å². The molecule has 0 saturated heterocycles. The van der Waals surface area contributed by atoms with Crippen LogP contribution in [0.1, 0.15) is 24.8 Å². The fourth-order valence-electron chi connectivity index (χ4n) is 3.77. The third-order valence-corrected chi connectivity index (χ3v) is 6.84. The number of halogens is 1. The summed E-state index contributed by atoms with van der Waals surface area (Å²) >= 11 is 0. The monoisotopic (exact) mass is 449 g/mol. The van der Waals surface area contributed by atoms with Crippen molar-refractivity contribution in [2.45, 2.75) is 30.7 Å². The van der Waals surface area contributed by atoms with Gasteiger partial charge in [0.25, 0.3) is 15.6 Å². The molecule has 0 radical (unpaired) electrons. The van der Waals surface area contributed by atoms with Crippen LogP contribution >= 0.6 is 0 Å². The van der Waals surface area contributed by atoms with Crippen molar-refractivity contribution in [1.29, 1.82) is 0 Å². The number of hydrogen-bond acceptors (Lipinski definition) is 5. The molecule has 154 valence electrons. The second kappa shape index (κ2) is 8.05. The van der Waals surface area contributed by atoms with Gasteiger partial charge in [-0.25, -0.2) is 4.39 Å². The molecule has 1 aliphatic heterocycles. The number of aryl methyl sites for hydroxylation is 1. The normalized spacial score (nSPS) is 16.7. The van der Waals surface area contributed by atoms with Crippen molar-refractivity contribution >= 4 is 32.4 Å². The van der Waals surface area contributed by atoms with Crippen molar-refractivity contribution in [3.8, 4) is 5.75 Å². The Morgan fingerprint density at radius 2 is 1.94 bits per heavy atom. The number of aromatic nitrogens is 1. The van der Waals surface area contributed by atoms with Crippen LogP contribution in [0.5, 0.6) is 5.75 Å². The molecule has 0 amide bonds. The molecule has 1 aliphatic carbocycles. The van der Waals surface area contributed by atoms with Crippen molar-refractivity contribution in [2.75, 3.05) is 5.32 Å². The number of pyridine rings is 1. The molecule has 1 aromatic heterocycles. The van der Waals surface area contributed by atoms with E-state index >= 15 is 0 Å². The number of sulfonamides is 1. The Hall–Kier alpha value is -2.20. The Bertz CT molecular complexity index is 1400. The van der Waals surface area contributed by atoms with Crippen molar-refractivity contribution in [2.24, 2.45) is 10.3 Å². The molecule has 2 heterocycles. The largest absolute Gasteiger partial charge is 1.00 e. The molecule has 10 heteroatoms. The standard InChI is InChI=1S/C21H18FN3O4S.Na/c22-13-7-8-16-14(11-13)19(26)18(21(27)25(16)10-9-12-5-6-12)20-23-15-3-1-2-4-17(15)30(28,29)24-20;/h1-4,7-8,11-12,26H,5-6,9-10H2,(H,23,24);/q;+1/p-1. The molecule has 1 N–H and O–H groups in total. The maximum atomic E-state index is 13.9. The van der Waals surface area contributed by atoms with Gasteiger partial charge >= 0.3 is 29.6 Å². The molecule has 0 atom stereocenters. The topological polar surface area (TPSA) is 104 Å². The van der Waals surface area contributed by atoms with Crippen LogP contribution in [0.3, 0.4) is 0 Å². The number of hydrogen-bond donors (Lipinski definition) is 1. The maximum absolute atomic E-state index is 13.9. The fourth-order valence-corrected chi connectivity index (χ4v) is 4.90. The summed E-state index contributed by atoms with van der Waals surface area (Å²) in [5.41, 5.74) is -0.483. The number of para-hydroxylation sites is 1. The number of nitrogens with one attached hydrogen (secondary N) is 1. The zero-order chi connectivity index (χ0) is 21.0. The van der Waals surface area contributed by atoms with Crippen molar-refractivity contribution < 1.29 is 47.5 Å². The van der Waals surface area contributed by atoms with Gasteiger partial charge in [-0.05, 0) is 48.1 Å². The van der Waals surface area contributed by atoms with Gasteiger partial charge in [-0.1, -0.05) is 30.7 Å². The number of rotatable bonds is 4. The molecule has 1 fully saturated rings. The summed E-state index contributed by atoms with van der Waals surface area (Å²) in [7, 11) is -4.10. The van der Waals surface area contributed by atoms with Gasteiger partial charge in [0.2, 0.25) is 0 Å². The molecule has 5 rings (SSSR count). The molecule has 0 spiro atoms. The Balaban J connectivity index is 0.00000231. The van der Waals surface area contributed by atoms with Crippen LogP contribution in [0, 0.1) is 11.7 Å². The fraction of sp³-hybridized carbons (Fsp3) is 0.238. The predicted octanol–water partition coefficient (Wildman–Crippen LogP) is -0.421. The Kier molecular flexibility index (Phi) is 5.72. The number of anilines is 1. The number of amidine groups is 1. The van der Waals surface area contributed by atoms with E-state index in [9.17, 15) is 22.7 Å². The molecule has 31 heavy (non-hydrogen) atoms. The van der Waals surface area contributed by atoms with Crippen LogP contribution in [0.4, 0.5) is 10.1 Å². The summed E-state index contributed by atoms with van der Waals surface area (Å²) in [6.45, 7) is 0.357. The molecule has 7 nitrogen and oxygen atoms in total. The number of benzene rings is 2. The van der Waals surface area contributed by atoms with Gasteiger partial charge in [-0.2, -0.15) is 8.42 Å². The van der Waals surface area contributed by atoms with Gasteiger partial charge < -0.3 is 15.0 Å². The molecule has 2 aliphatic rings. The summed E-state index contributed by atoms with van der Waals surface area (Å²) in [5.74, 6) is -1.18. The van der Waals surface area contributed by atoms with E-state index in [1.54, 1.807) is 12.1 Å². The molecular weight excluding hydrogens is 432 g/mol.